The van der Waals surface area contributed by atoms with Gasteiger partial charge in [-0.15, -0.1) is 0 Å². The van der Waals surface area contributed by atoms with E-state index in [4.69, 9.17) is 9.72 Å². The number of benzene rings is 1. The highest BCUT2D eigenvalue weighted by Crippen LogP contribution is 2.36. The zero-order chi connectivity index (χ0) is 19.0. The van der Waals surface area contributed by atoms with Crippen molar-refractivity contribution in [3.8, 4) is 11.3 Å². The number of nitrogens with one attached hydrogen (secondary N) is 1. The van der Waals surface area contributed by atoms with Crippen LogP contribution in [0.4, 0.5) is 5.82 Å². The Morgan fingerprint density at radius 1 is 1.33 bits per heavy atom. The van der Waals surface area contributed by atoms with E-state index in [1.807, 2.05) is 26.0 Å². The van der Waals surface area contributed by atoms with Crippen molar-refractivity contribution in [3.63, 3.8) is 0 Å². The Kier molecular flexibility index (Phi) is 5.23. The van der Waals surface area contributed by atoms with Gasteiger partial charge >= 0.3 is 5.97 Å². The number of aryl methyl sites for hydroxylation is 1. The maximum Gasteiger partial charge on any atom is 0.350 e. The topological polar surface area (TPSA) is 55.6 Å². The van der Waals surface area contributed by atoms with Crippen LogP contribution in [0.2, 0.25) is 0 Å². The lowest BCUT2D eigenvalue weighted by atomic mass is 10.1. The number of esters is 1. The number of hydrogen-bond acceptors (Lipinski definition) is 5. The number of carbonyl (C=O) groups excluding carboxylic acids is 1. The van der Waals surface area contributed by atoms with Crippen LogP contribution in [0.25, 0.3) is 16.2 Å². The molecule has 0 aliphatic heterocycles. The van der Waals surface area contributed by atoms with Gasteiger partial charge in [-0.25, -0.2) is 9.78 Å². The number of halogens is 1. The predicted molar refractivity (Wildman–Crippen MR) is 113 cm³/mol. The third-order valence-corrected chi connectivity index (χ3v) is 6.63. The van der Waals surface area contributed by atoms with E-state index in [1.165, 1.54) is 37.0 Å². The molecular weight excluding hydrogens is 426 g/mol. The minimum atomic E-state index is -0.275. The normalized spacial score (nSPS) is 14.8. The molecule has 0 radical (unpaired) electrons. The number of aromatic nitrogens is 2. The molecule has 2 aromatic heterocycles. The zero-order valence-electron chi connectivity index (χ0n) is 15.4. The van der Waals surface area contributed by atoms with Gasteiger partial charge in [0.1, 0.15) is 16.4 Å². The van der Waals surface area contributed by atoms with Gasteiger partial charge < -0.3 is 10.1 Å². The Morgan fingerprint density at radius 3 is 2.70 bits per heavy atom. The van der Waals surface area contributed by atoms with Crippen molar-refractivity contribution in [1.29, 1.82) is 0 Å². The van der Waals surface area contributed by atoms with Gasteiger partial charge in [0, 0.05) is 21.8 Å². The van der Waals surface area contributed by atoms with Gasteiger partial charge in [-0.3, -0.25) is 4.40 Å². The van der Waals surface area contributed by atoms with Crippen LogP contribution in [0.15, 0.2) is 28.7 Å². The van der Waals surface area contributed by atoms with Gasteiger partial charge in [0.15, 0.2) is 4.96 Å². The van der Waals surface area contributed by atoms with Gasteiger partial charge in [-0.2, -0.15) is 0 Å². The van der Waals surface area contributed by atoms with Crippen LogP contribution in [0.3, 0.4) is 0 Å². The Labute approximate surface area is 170 Å². The molecule has 2 heterocycles. The molecule has 0 atom stereocenters. The van der Waals surface area contributed by atoms with Crippen LogP contribution in [0.5, 0.6) is 0 Å². The molecule has 3 aromatic rings. The van der Waals surface area contributed by atoms with Gasteiger partial charge in [0.2, 0.25) is 0 Å². The summed E-state index contributed by atoms with van der Waals surface area (Å²) in [6.07, 6.45) is 4.84. The predicted octanol–water partition coefficient (Wildman–Crippen LogP) is 5.66. The molecule has 142 valence electrons. The molecule has 1 aromatic carbocycles. The van der Waals surface area contributed by atoms with Crippen molar-refractivity contribution >= 4 is 44.0 Å². The molecule has 0 saturated heterocycles. The van der Waals surface area contributed by atoms with Crippen molar-refractivity contribution < 1.29 is 9.53 Å². The lowest BCUT2D eigenvalue weighted by molar-refractivity contribution is 0.0531. The minimum Gasteiger partial charge on any atom is -0.462 e. The second-order valence-corrected chi connectivity index (χ2v) is 8.69. The molecule has 1 N–H and O–H groups in total. The van der Waals surface area contributed by atoms with Crippen molar-refractivity contribution in [3.05, 3.63) is 39.3 Å². The molecule has 7 heteroatoms. The maximum absolute atomic E-state index is 12.3. The van der Waals surface area contributed by atoms with Gasteiger partial charge in [-0.1, -0.05) is 52.2 Å². The van der Waals surface area contributed by atoms with E-state index in [1.54, 1.807) is 0 Å². The zero-order valence-corrected chi connectivity index (χ0v) is 17.8. The van der Waals surface area contributed by atoms with Crippen molar-refractivity contribution in [2.45, 2.75) is 45.6 Å². The second kappa shape index (κ2) is 7.64. The van der Waals surface area contributed by atoms with Crippen molar-refractivity contribution in [2.75, 3.05) is 11.9 Å². The summed E-state index contributed by atoms with van der Waals surface area (Å²) in [4.78, 5) is 18.6. The lowest BCUT2D eigenvalue weighted by Crippen LogP contribution is -2.17. The third kappa shape index (κ3) is 3.50. The molecule has 0 bridgehead atoms. The number of fused-ring (bicyclic) bond motifs is 1. The van der Waals surface area contributed by atoms with E-state index in [-0.39, 0.29) is 5.97 Å². The Hall–Kier alpha value is -1.86. The fourth-order valence-corrected chi connectivity index (χ4v) is 4.92. The summed E-state index contributed by atoms with van der Waals surface area (Å²) in [5.41, 5.74) is 2.87. The first-order valence-electron chi connectivity index (χ1n) is 9.30. The van der Waals surface area contributed by atoms with Gasteiger partial charge in [-0.05, 0) is 38.8 Å². The summed E-state index contributed by atoms with van der Waals surface area (Å²) in [7, 11) is 0. The standard InChI is InChI=1S/C20H22BrN3O2S/c1-3-26-19(25)17-12(2)24-18(22-15-6-4-5-7-15)16(23-20(24)27-17)13-8-10-14(21)11-9-13/h8-11,15,22H,3-7H2,1-2H3. The highest BCUT2D eigenvalue weighted by molar-refractivity contribution is 9.10. The molecule has 5 nitrogen and oxygen atoms in total. The summed E-state index contributed by atoms with van der Waals surface area (Å²) >= 11 is 4.89. The summed E-state index contributed by atoms with van der Waals surface area (Å²) in [5.74, 6) is 0.700. The van der Waals surface area contributed by atoms with Crippen LogP contribution in [-0.4, -0.2) is 28.0 Å². The van der Waals surface area contributed by atoms with Gasteiger partial charge in [0.05, 0.1) is 6.61 Å². The van der Waals surface area contributed by atoms with E-state index in [0.29, 0.717) is 17.5 Å². The summed E-state index contributed by atoms with van der Waals surface area (Å²) in [5, 5.41) is 3.71. The van der Waals surface area contributed by atoms with Crippen LogP contribution in [0.1, 0.15) is 48.0 Å². The lowest BCUT2D eigenvalue weighted by Gasteiger charge is -2.15. The summed E-state index contributed by atoms with van der Waals surface area (Å²) < 4.78 is 8.33. The maximum atomic E-state index is 12.3. The molecule has 0 spiro atoms. The SMILES string of the molecule is CCOC(=O)c1sc2nc(-c3ccc(Br)cc3)c(NC3CCCC3)n2c1C. The van der Waals surface area contributed by atoms with E-state index >= 15 is 0 Å². The molecule has 27 heavy (non-hydrogen) atoms. The first-order valence-corrected chi connectivity index (χ1v) is 10.9. The van der Waals surface area contributed by atoms with Crippen LogP contribution in [0, 0.1) is 6.92 Å². The quantitative estimate of drug-likeness (QED) is 0.512. The van der Waals surface area contributed by atoms with Crippen LogP contribution >= 0.6 is 27.3 Å². The van der Waals surface area contributed by atoms with E-state index < -0.39 is 0 Å². The number of nitrogens with zero attached hydrogens (tertiary/aromatic N) is 2. The molecule has 0 unspecified atom stereocenters. The van der Waals surface area contributed by atoms with Crippen molar-refractivity contribution in [2.24, 2.45) is 0 Å². The monoisotopic (exact) mass is 447 g/mol. The number of carbonyl (C=O) groups is 1. The molecule has 4 rings (SSSR count). The number of ether oxygens (including phenoxy) is 1. The molecular formula is C20H22BrN3O2S. The minimum absolute atomic E-state index is 0.275. The summed E-state index contributed by atoms with van der Waals surface area (Å²) in [6.45, 7) is 4.16. The fraction of sp³-hybridized carbons (Fsp3) is 0.400. The average molecular weight is 448 g/mol. The highest BCUT2D eigenvalue weighted by Gasteiger charge is 2.25. The Bertz CT molecular complexity index is 971. The average Bonchev–Trinajstić information content (AvgIpc) is 3.35. The van der Waals surface area contributed by atoms with Crippen LogP contribution < -0.4 is 5.32 Å². The third-order valence-electron chi connectivity index (χ3n) is 4.98. The van der Waals surface area contributed by atoms with E-state index in [9.17, 15) is 4.79 Å². The Morgan fingerprint density at radius 2 is 2.04 bits per heavy atom. The number of thiazole rings is 1. The molecule has 1 aliphatic rings. The molecule has 1 fully saturated rings. The number of imidazole rings is 1. The van der Waals surface area contributed by atoms with E-state index in [2.05, 4.69) is 37.8 Å². The fourth-order valence-electron chi connectivity index (χ4n) is 3.64. The molecule has 1 aliphatic carbocycles. The highest BCUT2D eigenvalue weighted by atomic mass is 79.9. The second-order valence-electron chi connectivity index (χ2n) is 6.80. The Balaban J connectivity index is 1.84. The molecule has 1 saturated carbocycles. The first-order chi connectivity index (χ1) is 13.1. The number of rotatable bonds is 5. The number of anilines is 1. The van der Waals surface area contributed by atoms with Crippen LogP contribution in [-0.2, 0) is 4.74 Å². The van der Waals surface area contributed by atoms with Crippen molar-refractivity contribution in [1.82, 2.24) is 9.38 Å². The van der Waals surface area contributed by atoms with E-state index in [0.717, 1.165) is 32.2 Å². The summed E-state index contributed by atoms with van der Waals surface area (Å²) in [6, 6.07) is 8.64. The smallest absolute Gasteiger partial charge is 0.350 e. The largest absolute Gasteiger partial charge is 0.462 e. The van der Waals surface area contributed by atoms with Gasteiger partial charge in [0.25, 0.3) is 0 Å². The first kappa shape index (κ1) is 18.5. The molecule has 0 amide bonds. The number of hydrogen-bond donors (Lipinski definition) is 1.